The van der Waals surface area contributed by atoms with E-state index in [0.29, 0.717) is 17.9 Å². The Balaban J connectivity index is 1.90. The molecule has 19 heavy (non-hydrogen) atoms. The van der Waals surface area contributed by atoms with Crippen LogP contribution in [-0.4, -0.2) is 18.5 Å². The van der Waals surface area contributed by atoms with E-state index < -0.39 is 0 Å². The molecule has 0 amide bonds. The summed E-state index contributed by atoms with van der Waals surface area (Å²) in [7, 11) is 0. The smallest absolute Gasteiger partial charge is 0.196 e. The summed E-state index contributed by atoms with van der Waals surface area (Å²) in [5.74, 6) is 1.34. The lowest BCUT2D eigenvalue weighted by molar-refractivity contribution is 0.450. The van der Waals surface area contributed by atoms with Crippen LogP contribution in [0.25, 0.3) is 0 Å². The van der Waals surface area contributed by atoms with E-state index in [4.69, 9.17) is 17.3 Å². The quantitative estimate of drug-likeness (QED) is 0.888. The van der Waals surface area contributed by atoms with Gasteiger partial charge >= 0.3 is 0 Å². The van der Waals surface area contributed by atoms with Crippen LogP contribution in [0.15, 0.2) is 27.7 Å². The van der Waals surface area contributed by atoms with Crippen molar-refractivity contribution in [1.29, 1.82) is 0 Å². The van der Waals surface area contributed by atoms with Crippen LogP contribution in [0.5, 0.6) is 0 Å². The van der Waals surface area contributed by atoms with Gasteiger partial charge in [0, 0.05) is 10.2 Å². The van der Waals surface area contributed by atoms with Crippen molar-refractivity contribution < 1.29 is 0 Å². The zero-order valence-corrected chi connectivity index (χ0v) is 13.0. The van der Waals surface area contributed by atoms with Crippen LogP contribution in [0, 0.1) is 5.92 Å². The molecule has 1 atom stereocenters. The standard InChI is InChI=1S/C14H17BrClN3/c15-11-7-10(5-6-12(11)16)19-13(8-18-14(19)17)9-3-1-2-4-9/h5-7,9,13H,1-4,8H2,(H2,17,18). The third-order valence-corrected chi connectivity index (χ3v) is 5.36. The zero-order valence-electron chi connectivity index (χ0n) is 10.6. The van der Waals surface area contributed by atoms with Crippen molar-refractivity contribution in [3.8, 4) is 0 Å². The Hall–Kier alpha value is -0.740. The van der Waals surface area contributed by atoms with Crippen LogP contribution in [0.2, 0.25) is 5.02 Å². The third-order valence-electron chi connectivity index (χ3n) is 4.14. The Morgan fingerprint density at radius 3 is 2.74 bits per heavy atom. The van der Waals surface area contributed by atoms with E-state index in [2.05, 4.69) is 25.8 Å². The number of guanidine groups is 1. The molecule has 3 nitrogen and oxygen atoms in total. The second-order valence-corrected chi connectivity index (χ2v) is 6.54. The predicted molar refractivity (Wildman–Crippen MR) is 83.9 cm³/mol. The van der Waals surface area contributed by atoms with Crippen LogP contribution in [0.3, 0.4) is 0 Å². The topological polar surface area (TPSA) is 41.6 Å². The van der Waals surface area contributed by atoms with Crippen molar-refractivity contribution in [3.63, 3.8) is 0 Å². The average Bonchev–Trinajstić information content (AvgIpc) is 3.01. The minimum absolute atomic E-state index is 0.413. The van der Waals surface area contributed by atoms with Crippen molar-refractivity contribution in [3.05, 3.63) is 27.7 Å². The maximum Gasteiger partial charge on any atom is 0.196 e. The summed E-state index contributed by atoms with van der Waals surface area (Å²) in [6.07, 6.45) is 5.25. The summed E-state index contributed by atoms with van der Waals surface area (Å²) in [6.45, 7) is 0.816. The molecule has 1 unspecified atom stereocenters. The summed E-state index contributed by atoms with van der Waals surface area (Å²) in [5, 5.41) is 0.718. The first-order chi connectivity index (χ1) is 9.16. The molecular formula is C14H17BrClN3. The van der Waals surface area contributed by atoms with Gasteiger partial charge in [-0.3, -0.25) is 4.99 Å². The Labute approximate surface area is 127 Å². The summed E-state index contributed by atoms with van der Waals surface area (Å²) in [6, 6.07) is 6.36. The van der Waals surface area contributed by atoms with Gasteiger partial charge in [0.15, 0.2) is 5.96 Å². The summed E-state index contributed by atoms with van der Waals surface area (Å²) < 4.78 is 0.900. The number of nitrogens with two attached hydrogens (primary N) is 1. The average molecular weight is 343 g/mol. The van der Waals surface area contributed by atoms with Crippen LogP contribution in [0.1, 0.15) is 25.7 Å². The molecule has 1 aromatic carbocycles. The van der Waals surface area contributed by atoms with E-state index >= 15 is 0 Å². The molecular weight excluding hydrogens is 326 g/mol. The molecule has 3 rings (SSSR count). The first-order valence-electron chi connectivity index (χ1n) is 6.71. The molecule has 0 radical (unpaired) electrons. The van der Waals surface area contributed by atoms with Crippen molar-refractivity contribution in [2.45, 2.75) is 31.7 Å². The van der Waals surface area contributed by atoms with Crippen molar-refractivity contribution >= 4 is 39.2 Å². The van der Waals surface area contributed by atoms with Gasteiger partial charge in [-0.2, -0.15) is 0 Å². The van der Waals surface area contributed by atoms with Crippen molar-refractivity contribution in [1.82, 2.24) is 0 Å². The van der Waals surface area contributed by atoms with Crippen LogP contribution >= 0.6 is 27.5 Å². The Morgan fingerprint density at radius 2 is 2.05 bits per heavy atom. The number of rotatable bonds is 2. The molecule has 0 bridgehead atoms. The first-order valence-corrected chi connectivity index (χ1v) is 7.88. The second-order valence-electron chi connectivity index (χ2n) is 5.28. The van der Waals surface area contributed by atoms with Gasteiger partial charge in [-0.05, 0) is 52.9 Å². The van der Waals surface area contributed by atoms with Gasteiger partial charge in [0.2, 0.25) is 0 Å². The van der Waals surface area contributed by atoms with E-state index in [9.17, 15) is 0 Å². The second kappa shape index (κ2) is 5.33. The Kier molecular flexibility index (Phi) is 3.72. The fourth-order valence-electron chi connectivity index (χ4n) is 3.18. The predicted octanol–water partition coefficient (Wildman–Crippen LogP) is 3.80. The summed E-state index contributed by atoms with van der Waals surface area (Å²) in [4.78, 5) is 6.62. The summed E-state index contributed by atoms with van der Waals surface area (Å²) >= 11 is 9.54. The maximum absolute atomic E-state index is 6.08. The van der Waals surface area contributed by atoms with Gasteiger partial charge in [0.1, 0.15) is 0 Å². The van der Waals surface area contributed by atoms with Gasteiger partial charge in [-0.15, -0.1) is 0 Å². The fourth-order valence-corrected chi connectivity index (χ4v) is 3.66. The molecule has 5 heteroatoms. The number of hydrogen-bond donors (Lipinski definition) is 1. The highest BCUT2D eigenvalue weighted by molar-refractivity contribution is 9.10. The minimum Gasteiger partial charge on any atom is -0.370 e. The molecule has 1 aliphatic carbocycles. The number of nitrogens with zero attached hydrogens (tertiary/aromatic N) is 2. The zero-order chi connectivity index (χ0) is 13.4. The molecule has 1 aromatic rings. The molecule has 1 heterocycles. The van der Waals surface area contributed by atoms with Crippen molar-refractivity contribution in [2.24, 2.45) is 16.6 Å². The van der Waals surface area contributed by atoms with E-state index in [-0.39, 0.29) is 0 Å². The van der Waals surface area contributed by atoms with E-state index in [1.54, 1.807) is 0 Å². The Morgan fingerprint density at radius 1 is 1.32 bits per heavy atom. The highest BCUT2D eigenvalue weighted by atomic mass is 79.9. The molecule has 102 valence electrons. The highest BCUT2D eigenvalue weighted by Crippen LogP contribution is 2.36. The molecule has 1 aliphatic heterocycles. The lowest BCUT2D eigenvalue weighted by Crippen LogP contribution is -2.44. The largest absolute Gasteiger partial charge is 0.370 e. The maximum atomic E-state index is 6.08. The number of halogens is 2. The normalized spacial score (nSPS) is 24.0. The number of aliphatic imine (C=N–C) groups is 1. The van der Waals surface area contributed by atoms with E-state index in [1.165, 1.54) is 25.7 Å². The lowest BCUT2D eigenvalue weighted by Gasteiger charge is -2.30. The fraction of sp³-hybridized carbons (Fsp3) is 0.500. The molecule has 0 spiro atoms. The molecule has 2 aliphatic rings. The first kappa shape index (κ1) is 13.3. The molecule has 1 fully saturated rings. The lowest BCUT2D eigenvalue weighted by atomic mass is 9.97. The Bertz CT molecular complexity index is 511. The van der Waals surface area contributed by atoms with Gasteiger partial charge in [0.05, 0.1) is 17.6 Å². The van der Waals surface area contributed by atoms with Gasteiger partial charge in [-0.1, -0.05) is 24.4 Å². The molecule has 0 saturated heterocycles. The van der Waals surface area contributed by atoms with Crippen molar-refractivity contribution in [2.75, 3.05) is 11.4 Å². The third kappa shape index (κ3) is 2.48. The van der Waals surface area contributed by atoms with Gasteiger partial charge in [-0.25, -0.2) is 0 Å². The number of benzene rings is 1. The van der Waals surface area contributed by atoms with Crippen LogP contribution in [-0.2, 0) is 0 Å². The van der Waals surface area contributed by atoms with Gasteiger partial charge in [0.25, 0.3) is 0 Å². The monoisotopic (exact) mass is 341 g/mol. The van der Waals surface area contributed by atoms with Gasteiger partial charge < -0.3 is 10.6 Å². The number of hydrogen-bond acceptors (Lipinski definition) is 3. The SMILES string of the molecule is NC1=NCC(C2CCCC2)N1c1ccc(Cl)c(Br)c1. The summed E-state index contributed by atoms with van der Waals surface area (Å²) in [5.41, 5.74) is 7.16. The molecule has 0 aromatic heterocycles. The van der Waals surface area contributed by atoms with E-state index in [1.807, 2.05) is 18.2 Å². The molecule has 1 saturated carbocycles. The van der Waals surface area contributed by atoms with Crippen LogP contribution in [0.4, 0.5) is 5.69 Å². The molecule has 2 N–H and O–H groups in total. The minimum atomic E-state index is 0.413. The number of anilines is 1. The van der Waals surface area contributed by atoms with E-state index in [0.717, 1.165) is 21.7 Å². The van der Waals surface area contributed by atoms with Crippen LogP contribution < -0.4 is 10.6 Å². The highest BCUT2D eigenvalue weighted by Gasteiger charge is 2.35.